The Balaban J connectivity index is 2.48. The molecule has 1 fully saturated rings. The van der Waals surface area contributed by atoms with Crippen molar-refractivity contribution in [2.45, 2.75) is 26.7 Å². The number of Topliss-reactive ketones (excluding diaryl/α,β-unsaturated/α-hetero) is 1. The molecule has 0 amide bonds. The van der Waals surface area contributed by atoms with Gasteiger partial charge in [0.15, 0.2) is 5.78 Å². The van der Waals surface area contributed by atoms with Gasteiger partial charge >= 0.3 is 0 Å². The van der Waals surface area contributed by atoms with E-state index in [2.05, 4.69) is 6.58 Å². The van der Waals surface area contributed by atoms with E-state index in [1.165, 1.54) is 0 Å². The predicted molar refractivity (Wildman–Crippen MR) is 55.4 cm³/mol. The van der Waals surface area contributed by atoms with Crippen molar-refractivity contribution in [2.24, 2.45) is 5.92 Å². The minimum absolute atomic E-state index is 0.222. The van der Waals surface area contributed by atoms with Gasteiger partial charge in [-0.3, -0.25) is 4.79 Å². The maximum absolute atomic E-state index is 11.4. The van der Waals surface area contributed by atoms with Gasteiger partial charge in [0.25, 0.3) is 0 Å². The molecule has 1 aliphatic rings. The molecule has 0 aromatic carbocycles. The highest BCUT2D eigenvalue weighted by Crippen LogP contribution is 2.32. The van der Waals surface area contributed by atoms with E-state index in [1.807, 2.05) is 32.1 Å². The van der Waals surface area contributed by atoms with Crippen molar-refractivity contribution in [2.75, 3.05) is 0 Å². The molecule has 70 valence electrons. The highest BCUT2D eigenvalue weighted by molar-refractivity contribution is 6.00. The maximum Gasteiger partial charge on any atom is 0.165 e. The first-order valence-electron chi connectivity index (χ1n) is 4.69. The lowest BCUT2D eigenvalue weighted by molar-refractivity contribution is -0.116. The van der Waals surface area contributed by atoms with Crippen LogP contribution < -0.4 is 0 Å². The summed E-state index contributed by atoms with van der Waals surface area (Å²) in [5.74, 6) is 0.503. The minimum atomic E-state index is 0.222. The number of allylic oxidation sites excluding steroid dienone is 5. The van der Waals surface area contributed by atoms with Gasteiger partial charge in [0, 0.05) is 11.5 Å². The molecule has 13 heavy (non-hydrogen) atoms. The first-order chi connectivity index (χ1) is 6.15. The molecular formula is C12H16O. The van der Waals surface area contributed by atoms with Crippen LogP contribution >= 0.6 is 0 Å². The fraction of sp³-hybridized carbons (Fsp3) is 0.417. The van der Waals surface area contributed by atoms with Crippen LogP contribution in [0, 0.1) is 5.92 Å². The Bertz CT molecular complexity index is 277. The van der Waals surface area contributed by atoms with E-state index in [0.717, 1.165) is 18.4 Å². The molecule has 0 saturated heterocycles. The summed E-state index contributed by atoms with van der Waals surface area (Å²) in [6.07, 6.45) is 7.85. The Kier molecular flexibility index (Phi) is 3.24. The zero-order valence-corrected chi connectivity index (χ0v) is 8.34. The van der Waals surface area contributed by atoms with Crippen molar-refractivity contribution in [1.82, 2.24) is 0 Å². The minimum Gasteiger partial charge on any atom is -0.294 e. The van der Waals surface area contributed by atoms with Gasteiger partial charge in [-0.2, -0.15) is 0 Å². The Morgan fingerprint density at radius 3 is 2.46 bits per heavy atom. The smallest absolute Gasteiger partial charge is 0.165 e. The molecular weight excluding hydrogens is 160 g/mol. The maximum atomic E-state index is 11.4. The second-order valence-electron chi connectivity index (χ2n) is 3.53. The van der Waals surface area contributed by atoms with E-state index in [1.54, 1.807) is 0 Å². The predicted octanol–water partition coefficient (Wildman–Crippen LogP) is 3.04. The summed E-state index contributed by atoms with van der Waals surface area (Å²) in [5.41, 5.74) is 1.80. The second kappa shape index (κ2) is 4.22. The number of carbonyl (C=O) groups excluding carboxylic acids is 1. The van der Waals surface area contributed by atoms with Gasteiger partial charge in [-0.1, -0.05) is 30.4 Å². The summed E-state index contributed by atoms with van der Waals surface area (Å²) in [6, 6.07) is 0. The van der Waals surface area contributed by atoms with Crippen molar-refractivity contribution in [1.29, 1.82) is 0 Å². The summed E-state index contributed by atoms with van der Waals surface area (Å²) < 4.78 is 0. The van der Waals surface area contributed by atoms with Crippen LogP contribution in [0.3, 0.4) is 0 Å². The molecule has 1 saturated carbocycles. The van der Waals surface area contributed by atoms with Crippen LogP contribution in [0.4, 0.5) is 0 Å². The SMILES string of the molecule is C=C(/C=C\C(C)=C/C)C(=O)C1CC1. The van der Waals surface area contributed by atoms with Gasteiger partial charge < -0.3 is 0 Å². The molecule has 1 rings (SSSR count). The normalized spacial score (nSPS) is 17.8. The molecule has 0 aromatic heterocycles. The standard InChI is InChI=1S/C12H16O/c1-4-9(2)5-6-10(3)12(13)11-7-8-11/h4-6,11H,3,7-8H2,1-2H3/b6-5-,9-4-. The van der Waals surface area contributed by atoms with Gasteiger partial charge in [-0.25, -0.2) is 0 Å². The topological polar surface area (TPSA) is 17.1 Å². The van der Waals surface area contributed by atoms with Crippen molar-refractivity contribution in [3.63, 3.8) is 0 Å². The number of hydrogen-bond acceptors (Lipinski definition) is 1. The number of hydrogen-bond donors (Lipinski definition) is 0. The lowest BCUT2D eigenvalue weighted by Crippen LogP contribution is -2.00. The summed E-state index contributed by atoms with van der Waals surface area (Å²) in [4.78, 5) is 11.4. The van der Waals surface area contributed by atoms with Crippen molar-refractivity contribution >= 4 is 5.78 Å². The van der Waals surface area contributed by atoms with Crippen LogP contribution in [-0.2, 0) is 4.79 Å². The van der Waals surface area contributed by atoms with Crippen molar-refractivity contribution < 1.29 is 4.79 Å². The lowest BCUT2D eigenvalue weighted by atomic mass is 10.1. The first kappa shape index (κ1) is 9.97. The fourth-order valence-corrected chi connectivity index (χ4v) is 1.02. The van der Waals surface area contributed by atoms with Crippen LogP contribution in [0.2, 0.25) is 0 Å². The Morgan fingerprint density at radius 2 is 2.00 bits per heavy atom. The largest absolute Gasteiger partial charge is 0.294 e. The van der Waals surface area contributed by atoms with E-state index < -0.39 is 0 Å². The summed E-state index contributed by atoms with van der Waals surface area (Å²) in [6.45, 7) is 7.74. The number of ketones is 1. The molecule has 0 aromatic rings. The number of rotatable bonds is 4. The summed E-state index contributed by atoms with van der Waals surface area (Å²) in [5, 5.41) is 0. The second-order valence-corrected chi connectivity index (χ2v) is 3.53. The van der Waals surface area contributed by atoms with Gasteiger partial charge in [0.2, 0.25) is 0 Å². The van der Waals surface area contributed by atoms with Gasteiger partial charge in [-0.15, -0.1) is 0 Å². The molecule has 1 nitrogen and oxygen atoms in total. The average Bonchev–Trinajstić information content (AvgIpc) is 2.95. The molecule has 1 aliphatic carbocycles. The Labute approximate surface area is 79.8 Å². The van der Waals surface area contributed by atoms with Crippen LogP contribution in [0.25, 0.3) is 0 Å². The van der Waals surface area contributed by atoms with Crippen LogP contribution in [0.15, 0.2) is 36.0 Å². The molecule has 0 N–H and O–H groups in total. The Hall–Kier alpha value is -1.11. The monoisotopic (exact) mass is 176 g/mol. The van der Waals surface area contributed by atoms with Crippen LogP contribution in [0.1, 0.15) is 26.7 Å². The van der Waals surface area contributed by atoms with Crippen molar-refractivity contribution in [3.05, 3.63) is 36.0 Å². The van der Waals surface area contributed by atoms with Crippen molar-refractivity contribution in [3.8, 4) is 0 Å². The third-order valence-electron chi connectivity index (χ3n) is 2.27. The molecule has 0 unspecified atom stereocenters. The average molecular weight is 176 g/mol. The zero-order chi connectivity index (χ0) is 9.84. The van der Waals surface area contributed by atoms with Gasteiger partial charge in [0.1, 0.15) is 0 Å². The van der Waals surface area contributed by atoms with Crippen LogP contribution in [-0.4, -0.2) is 5.78 Å². The molecule has 0 bridgehead atoms. The quantitative estimate of drug-likeness (QED) is 0.475. The zero-order valence-electron chi connectivity index (χ0n) is 8.34. The van der Waals surface area contributed by atoms with Crippen LogP contribution in [0.5, 0.6) is 0 Å². The van der Waals surface area contributed by atoms with Gasteiger partial charge in [0.05, 0.1) is 0 Å². The van der Waals surface area contributed by atoms with E-state index >= 15 is 0 Å². The van der Waals surface area contributed by atoms with E-state index in [9.17, 15) is 4.79 Å². The first-order valence-corrected chi connectivity index (χ1v) is 4.69. The Morgan fingerprint density at radius 1 is 1.38 bits per heavy atom. The van der Waals surface area contributed by atoms with Gasteiger partial charge in [-0.05, 0) is 26.7 Å². The fourth-order valence-electron chi connectivity index (χ4n) is 1.02. The van der Waals surface area contributed by atoms with E-state index in [0.29, 0.717) is 5.57 Å². The summed E-state index contributed by atoms with van der Waals surface area (Å²) >= 11 is 0. The highest BCUT2D eigenvalue weighted by atomic mass is 16.1. The molecule has 1 heteroatoms. The third-order valence-corrected chi connectivity index (χ3v) is 2.27. The van der Waals surface area contributed by atoms with E-state index in [-0.39, 0.29) is 11.7 Å². The lowest BCUT2D eigenvalue weighted by Gasteiger charge is -1.95. The number of carbonyl (C=O) groups is 1. The molecule has 0 heterocycles. The molecule has 0 radical (unpaired) electrons. The van der Waals surface area contributed by atoms with E-state index in [4.69, 9.17) is 0 Å². The molecule has 0 spiro atoms. The molecule has 0 aliphatic heterocycles. The molecule has 0 atom stereocenters. The summed E-state index contributed by atoms with van der Waals surface area (Å²) in [7, 11) is 0. The third kappa shape index (κ3) is 3.02. The highest BCUT2D eigenvalue weighted by Gasteiger charge is 2.29.